The van der Waals surface area contributed by atoms with Crippen LogP contribution in [-0.4, -0.2) is 61.0 Å². The molecule has 1 N–H and O–H groups in total. The molecule has 2 aliphatic heterocycles. The summed E-state index contributed by atoms with van der Waals surface area (Å²) in [4.78, 5) is 12.6. The van der Waals surface area contributed by atoms with E-state index in [1.807, 2.05) is 4.90 Å². The zero-order valence-corrected chi connectivity index (χ0v) is 9.65. The van der Waals surface area contributed by atoms with Gasteiger partial charge in [-0.3, -0.25) is 9.69 Å². The minimum absolute atomic E-state index is 0.114. The molecule has 5 heteroatoms. The number of hydrogen-bond donors (Lipinski definition) is 1. The highest BCUT2D eigenvalue weighted by Gasteiger charge is 2.43. The molecule has 0 radical (unpaired) electrons. The Labute approximate surface area is 95.3 Å². The van der Waals surface area contributed by atoms with Gasteiger partial charge in [0, 0.05) is 33.2 Å². The van der Waals surface area contributed by atoms with Gasteiger partial charge in [-0.15, -0.1) is 0 Å². The van der Waals surface area contributed by atoms with Crippen LogP contribution in [0, 0.1) is 0 Å². The summed E-state index contributed by atoms with van der Waals surface area (Å²) in [6, 6.07) is 0. The molecule has 92 valence electrons. The molecule has 5 nitrogen and oxygen atoms in total. The Bertz CT molecular complexity index is 271. The molecule has 2 fully saturated rings. The van der Waals surface area contributed by atoms with Gasteiger partial charge in [0.05, 0.1) is 18.2 Å². The Morgan fingerprint density at radius 3 is 3.19 bits per heavy atom. The van der Waals surface area contributed by atoms with Gasteiger partial charge in [0.1, 0.15) is 0 Å². The summed E-state index contributed by atoms with van der Waals surface area (Å²) in [7, 11) is 1.73. The summed E-state index contributed by atoms with van der Waals surface area (Å²) in [5.74, 6) is -0.767. The number of likely N-dealkylation sites (tertiary alicyclic amines) is 1. The Kier molecular flexibility index (Phi) is 3.47. The first-order chi connectivity index (χ1) is 7.63. The number of ether oxygens (including phenoxy) is 2. The summed E-state index contributed by atoms with van der Waals surface area (Å²) in [5.41, 5.74) is -0.158. The molecule has 0 amide bonds. The number of hydrogen-bond acceptors (Lipinski definition) is 4. The van der Waals surface area contributed by atoms with Crippen LogP contribution in [0.2, 0.25) is 0 Å². The third-order valence-corrected chi connectivity index (χ3v) is 3.54. The molecule has 0 bridgehead atoms. The Hall–Kier alpha value is -0.650. The molecular weight excluding hydrogens is 210 g/mol. The van der Waals surface area contributed by atoms with Crippen molar-refractivity contribution in [3.05, 3.63) is 0 Å². The monoisotopic (exact) mass is 229 g/mol. The van der Waals surface area contributed by atoms with Crippen LogP contribution >= 0.6 is 0 Å². The average molecular weight is 229 g/mol. The summed E-state index contributed by atoms with van der Waals surface area (Å²) >= 11 is 0. The fraction of sp³-hybridized carbons (Fsp3) is 0.909. The van der Waals surface area contributed by atoms with Gasteiger partial charge in [-0.25, -0.2) is 0 Å². The van der Waals surface area contributed by atoms with Crippen molar-refractivity contribution < 1.29 is 19.4 Å². The second kappa shape index (κ2) is 4.69. The zero-order chi connectivity index (χ0) is 11.6. The maximum atomic E-state index is 10.6. The quantitative estimate of drug-likeness (QED) is 0.756. The number of nitrogens with zero attached hydrogens (tertiary/aromatic N) is 1. The molecule has 2 unspecified atom stereocenters. The van der Waals surface area contributed by atoms with Crippen LogP contribution in [0.5, 0.6) is 0 Å². The molecule has 1 spiro atoms. The summed E-state index contributed by atoms with van der Waals surface area (Å²) in [5, 5.41) is 8.75. The Morgan fingerprint density at radius 1 is 1.69 bits per heavy atom. The molecule has 0 aliphatic carbocycles. The minimum Gasteiger partial charge on any atom is -0.480 e. The number of carboxylic acid groups (broad SMARTS) is 1. The third kappa shape index (κ3) is 2.53. The maximum absolute atomic E-state index is 10.6. The van der Waals surface area contributed by atoms with E-state index in [0.29, 0.717) is 0 Å². The van der Waals surface area contributed by atoms with Crippen molar-refractivity contribution in [1.29, 1.82) is 0 Å². The maximum Gasteiger partial charge on any atom is 0.317 e. The largest absolute Gasteiger partial charge is 0.480 e. The molecule has 0 aromatic rings. The van der Waals surface area contributed by atoms with Gasteiger partial charge in [-0.05, 0) is 12.8 Å². The molecule has 2 saturated heterocycles. The molecule has 0 saturated carbocycles. The molecule has 2 atom stereocenters. The normalized spacial score (nSPS) is 35.7. The van der Waals surface area contributed by atoms with Crippen LogP contribution < -0.4 is 0 Å². The van der Waals surface area contributed by atoms with E-state index in [4.69, 9.17) is 14.6 Å². The van der Waals surface area contributed by atoms with Gasteiger partial charge < -0.3 is 14.6 Å². The van der Waals surface area contributed by atoms with E-state index in [-0.39, 0.29) is 18.2 Å². The lowest BCUT2D eigenvalue weighted by Crippen LogP contribution is -2.45. The topological polar surface area (TPSA) is 59.0 Å². The smallest absolute Gasteiger partial charge is 0.317 e. The van der Waals surface area contributed by atoms with Crippen molar-refractivity contribution in [3.8, 4) is 0 Å². The lowest BCUT2D eigenvalue weighted by molar-refractivity contribution is -0.139. The van der Waals surface area contributed by atoms with Gasteiger partial charge >= 0.3 is 5.97 Å². The van der Waals surface area contributed by atoms with Crippen LogP contribution in [0.3, 0.4) is 0 Å². The second-order valence-corrected chi connectivity index (χ2v) is 4.74. The van der Waals surface area contributed by atoms with Crippen LogP contribution in [-0.2, 0) is 14.3 Å². The number of aliphatic carboxylic acids is 1. The van der Waals surface area contributed by atoms with Crippen molar-refractivity contribution in [2.24, 2.45) is 0 Å². The van der Waals surface area contributed by atoms with Gasteiger partial charge in [0.25, 0.3) is 0 Å². The van der Waals surface area contributed by atoms with Gasteiger partial charge in [-0.1, -0.05) is 0 Å². The molecule has 0 aromatic carbocycles. The molecule has 16 heavy (non-hydrogen) atoms. The van der Waals surface area contributed by atoms with Crippen LogP contribution in [0.4, 0.5) is 0 Å². The van der Waals surface area contributed by atoms with Crippen molar-refractivity contribution in [2.45, 2.75) is 31.0 Å². The van der Waals surface area contributed by atoms with E-state index in [9.17, 15) is 4.79 Å². The number of carbonyl (C=O) groups is 1. The first-order valence-corrected chi connectivity index (χ1v) is 5.74. The zero-order valence-electron chi connectivity index (χ0n) is 9.65. The van der Waals surface area contributed by atoms with Gasteiger partial charge in [0.2, 0.25) is 0 Å². The van der Waals surface area contributed by atoms with Gasteiger partial charge in [-0.2, -0.15) is 0 Å². The highest BCUT2D eigenvalue weighted by Crippen LogP contribution is 2.34. The standard InChI is InChI=1S/C11H19NO4/c1-15-9-2-5-16-11(6-9)3-4-12(8-11)7-10(13)14/h9H,2-8H2,1H3,(H,13,14). The van der Waals surface area contributed by atoms with E-state index >= 15 is 0 Å². The SMILES string of the molecule is COC1CCOC2(CCN(CC(=O)O)C2)C1. The van der Waals surface area contributed by atoms with E-state index in [1.54, 1.807) is 7.11 Å². The fourth-order valence-electron chi connectivity index (χ4n) is 2.72. The number of methoxy groups -OCH3 is 1. The van der Waals surface area contributed by atoms with Crippen molar-refractivity contribution in [3.63, 3.8) is 0 Å². The van der Waals surface area contributed by atoms with Crippen LogP contribution in [0.15, 0.2) is 0 Å². The molecule has 2 heterocycles. The van der Waals surface area contributed by atoms with Gasteiger partial charge in [0.15, 0.2) is 0 Å². The lowest BCUT2D eigenvalue weighted by atomic mass is 9.91. The minimum atomic E-state index is -0.767. The summed E-state index contributed by atoms with van der Waals surface area (Å²) < 4.78 is 11.2. The average Bonchev–Trinajstić information content (AvgIpc) is 2.60. The highest BCUT2D eigenvalue weighted by atomic mass is 16.5. The van der Waals surface area contributed by atoms with Crippen molar-refractivity contribution >= 4 is 5.97 Å². The first-order valence-electron chi connectivity index (χ1n) is 5.74. The van der Waals surface area contributed by atoms with E-state index in [2.05, 4.69) is 0 Å². The molecular formula is C11H19NO4. The number of rotatable bonds is 3. The van der Waals surface area contributed by atoms with E-state index in [1.165, 1.54) is 0 Å². The highest BCUT2D eigenvalue weighted by molar-refractivity contribution is 5.69. The lowest BCUT2D eigenvalue weighted by Gasteiger charge is -2.37. The van der Waals surface area contributed by atoms with Crippen LogP contribution in [0.25, 0.3) is 0 Å². The Morgan fingerprint density at radius 2 is 2.50 bits per heavy atom. The fourth-order valence-corrected chi connectivity index (χ4v) is 2.72. The molecule has 2 rings (SSSR count). The van der Waals surface area contributed by atoms with Crippen LogP contribution in [0.1, 0.15) is 19.3 Å². The predicted octanol–water partition coefficient (Wildman–Crippen LogP) is 0.341. The van der Waals surface area contributed by atoms with Crippen molar-refractivity contribution in [1.82, 2.24) is 4.90 Å². The van der Waals surface area contributed by atoms with E-state index in [0.717, 1.165) is 39.0 Å². The number of carboxylic acids is 1. The summed E-state index contributed by atoms with van der Waals surface area (Å²) in [6.45, 7) is 2.37. The first kappa shape index (κ1) is 11.8. The molecule has 0 aromatic heterocycles. The molecule has 2 aliphatic rings. The summed E-state index contributed by atoms with van der Waals surface area (Å²) in [6.07, 6.45) is 3.01. The van der Waals surface area contributed by atoms with Crippen molar-refractivity contribution in [2.75, 3.05) is 33.4 Å². The van der Waals surface area contributed by atoms with E-state index < -0.39 is 5.97 Å². The predicted molar refractivity (Wildman–Crippen MR) is 57.4 cm³/mol. The Balaban J connectivity index is 1.92. The second-order valence-electron chi connectivity index (χ2n) is 4.74. The third-order valence-electron chi connectivity index (χ3n) is 3.54.